The molecule has 1 heterocycles. The maximum Gasteiger partial charge on any atom is 0.192 e. The van der Waals surface area contributed by atoms with Crippen LogP contribution in [0.1, 0.15) is 5.56 Å². The third-order valence-corrected chi connectivity index (χ3v) is 2.70. The Bertz CT molecular complexity index is 544. The molecule has 2 rings (SSSR count). The number of anilines is 2. The second-order valence-electron chi connectivity index (χ2n) is 3.92. The monoisotopic (exact) mass is 257 g/mol. The molecule has 0 radical (unpaired) electrons. The Hall–Kier alpha value is -2.50. The van der Waals surface area contributed by atoms with Gasteiger partial charge in [-0.2, -0.15) is 0 Å². The number of rotatable bonds is 6. The molecular weight excluding hydrogens is 242 g/mol. The third kappa shape index (κ3) is 3.25. The van der Waals surface area contributed by atoms with Crippen molar-refractivity contribution in [2.45, 2.75) is 6.42 Å². The van der Waals surface area contributed by atoms with Crippen LogP contribution in [0.25, 0.3) is 0 Å². The molecule has 0 fully saturated rings. The van der Waals surface area contributed by atoms with Crippen LogP contribution < -0.4 is 10.6 Å². The molecule has 1 aromatic heterocycles. The van der Waals surface area contributed by atoms with Crippen molar-refractivity contribution in [2.75, 3.05) is 24.2 Å². The molecule has 0 aliphatic carbocycles. The van der Waals surface area contributed by atoms with Gasteiger partial charge in [0, 0.05) is 13.6 Å². The predicted molar refractivity (Wildman–Crippen MR) is 75.7 cm³/mol. The Morgan fingerprint density at radius 3 is 2.58 bits per heavy atom. The molecular formula is C13H15N5O. The van der Waals surface area contributed by atoms with Crippen LogP contribution in [0.15, 0.2) is 41.8 Å². The van der Waals surface area contributed by atoms with Gasteiger partial charge in [-0.05, 0) is 17.2 Å². The van der Waals surface area contributed by atoms with E-state index in [4.69, 9.17) is 0 Å². The van der Waals surface area contributed by atoms with Gasteiger partial charge >= 0.3 is 0 Å². The average Bonchev–Trinajstić information content (AvgIpc) is 2.48. The van der Waals surface area contributed by atoms with Crippen molar-refractivity contribution in [3.05, 3.63) is 47.1 Å². The number of nitroso groups, excluding NO2 is 1. The number of hydrogen-bond acceptors (Lipinski definition) is 6. The van der Waals surface area contributed by atoms with E-state index in [0.29, 0.717) is 18.2 Å². The molecule has 2 N–H and O–H groups in total. The summed E-state index contributed by atoms with van der Waals surface area (Å²) in [4.78, 5) is 18.8. The second-order valence-corrected chi connectivity index (χ2v) is 3.92. The van der Waals surface area contributed by atoms with Gasteiger partial charge in [-0.25, -0.2) is 9.97 Å². The highest BCUT2D eigenvalue weighted by Gasteiger charge is 2.10. The molecule has 0 bridgehead atoms. The fourth-order valence-corrected chi connectivity index (χ4v) is 1.75. The first-order chi connectivity index (χ1) is 9.35. The van der Waals surface area contributed by atoms with Crippen molar-refractivity contribution >= 4 is 17.3 Å². The minimum Gasteiger partial charge on any atom is -0.371 e. The smallest absolute Gasteiger partial charge is 0.192 e. The summed E-state index contributed by atoms with van der Waals surface area (Å²) < 4.78 is 0. The van der Waals surface area contributed by atoms with Crippen LogP contribution >= 0.6 is 0 Å². The second kappa shape index (κ2) is 6.44. The van der Waals surface area contributed by atoms with E-state index in [1.165, 1.54) is 11.9 Å². The summed E-state index contributed by atoms with van der Waals surface area (Å²) in [7, 11) is 1.69. The van der Waals surface area contributed by atoms with Gasteiger partial charge < -0.3 is 10.6 Å². The standard InChI is InChI=1S/C13H15N5O/c1-14-12-11(18-19)13(17-9-16-12)15-8-7-10-5-3-2-4-6-10/h2-6,9H,7-8H2,1H3,(H2,14,15,16,17). The summed E-state index contributed by atoms with van der Waals surface area (Å²) >= 11 is 0. The largest absolute Gasteiger partial charge is 0.371 e. The van der Waals surface area contributed by atoms with E-state index in [1.807, 2.05) is 18.2 Å². The van der Waals surface area contributed by atoms with Gasteiger partial charge in [0.15, 0.2) is 17.3 Å². The summed E-state index contributed by atoms with van der Waals surface area (Å²) in [5.74, 6) is 0.873. The van der Waals surface area contributed by atoms with E-state index >= 15 is 0 Å². The van der Waals surface area contributed by atoms with Crippen molar-refractivity contribution in [1.82, 2.24) is 9.97 Å². The van der Waals surface area contributed by atoms with E-state index < -0.39 is 0 Å². The van der Waals surface area contributed by atoms with Crippen molar-refractivity contribution in [1.29, 1.82) is 0 Å². The molecule has 0 amide bonds. The fourth-order valence-electron chi connectivity index (χ4n) is 1.75. The first kappa shape index (κ1) is 12.9. The summed E-state index contributed by atoms with van der Waals surface area (Å²) in [5.41, 5.74) is 1.43. The highest BCUT2D eigenvalue weighted by Crippen LogP contribution is 2.28. The summed E-state index contributed by atoms with van der Waals surface area (Å²) in [6.07, 6.45) is 2.24. The number of aromatic nitrogens is 2. The Morgan fingerprint density at radius 2 is 1.89 bits per heavy atom. The zero-order valence-corrected chi connectivity index (χ0v) is 10.6. The highest BCUT2D eigenvalue weighted by atomic mass is 16.3. The van der Waals surface area contributed by atoms with Crippen LogP contribution in [0, 0.1) is 4.91 Å². The van der Waals surface area contributed by atoms with E-state index in [1.54, 1.807) is 7.05 Å². The molecule has 0 atom stereocenters. The predicted octanol–water partition coefficient (Wildman–Crippen LogP) is 2.57. The van der Waals surface area contributed by atoms with E-state index in [2.05, 4.69) is 37.9 Å². The quantitative estimate of drug-likeness (QED) is 0.777. The Kier molecular flexibility index (Phi) is 4.39. The summed E-state index contributed by atoms with van der Waals surface area (Å²) in [6.45, 7) is 0.673. The lowest BCUT2D eigenvalue weighted by Crippen LogP contribution is -2.07. The van der Waals surface area contributed by atoms with Crippen LogP contribution in [0.2, 0.25) is 0 Å². The van der Waals surface area contributed by atoms with Gasteiger partial charge in [0.25, 0.3) is 0 Å². The maximum absolute atomic E-state index is 10.8. The number of hydrogen-bond donors (Lipinski definition) is 2. The highest BCUT2D eigenvalue weighted by molar-refractivity contribution is 5.73. The molecule has 0 aliphatic heterocycles. The van der Waals surface area contributed by atoms with Crippen molar-refractivity contribution in [2.24, 2.45) is 5.18 Å². The topological polar surface area (TPSA) is 79.3 Å². The van der Waals surface area contributed by atoms with Crippen LogP contribution in [0.3, 0.4) is 0 Å². The molecule has 0 spiro atoms. The summed E-state index contributed by atoms with van der Waals surface area (Å²) in [6, 6.07) is 10.1. The zero-order chi connectivity index (χ0) is 13.5. The van der Waals surface area contributed by atoms with Crippen LogP contribution in [-0.2, 0) is 6.42 Å². The van der Waals surface area contributed by atoms with Gasteiger partial charge in [-0.15, -0.1) is 4.91 Å². The van der Waals surface area contributed by atoms with Gasteiger partial charge in [0.2, 0.25) is 0 Å². The van der Waals surface area contributed by atoms with Gasteiger partial charge in [0.1, 0.15) is 6.33 Å². The molecule has 6 heteroatoms. The lowest BCUT2D eigenvalue weighted by molar-refractivity contribution is 0.998. The summed E-state index contributed by atoms with van der Waals surface area (Å²) in [5, 5.41) is 8.88. The molecule has 0 saturated heterocycles. The lowest BCUT2D eigenvalue weighted by Gasteiger charge is -2.09. The number of nitrogens with one attached hydrogen (secondary N) is 2. The minimum atomic E-state index is 0.207. The molecule has 0 unspecified atom stereocenters. The maximum atomic E-state index is 10.8. The van der Waals surface area contributed by atoms with Gasteiger partial charge in [0.05, 0.1) is 0 Å². The number of benzene rings is 1. The molecule has 98 valence electrons. The van der Waals surface area contributed by atoms with Gasteiger partial charge in [-0.3, -0.25) is 0 Å². The van der Waals surface area contributed by atoms with Crippen molar-refractivity contribution < 1.29 is 0 Å². The first-order valence-electron chi connectivity index (χ1n) is 5.99. The van der Waals surface area contributed by atoms with Crippen LogP contribution in [0.5, 0.6) is 0 Å². The molecule has 6 nitrogen and oxygen atoms in total. The van der Waals surface area contributed by atoms with Gasteiger partial charge in [-0.1, -0.05) is 30.3 Å². The SMILES string of the molecule is CNc1ncnc(NCCc2ccccc2)c1N=O. The van der Waals surface area contributed by atoms with E-state index in [-0.39, 0.29) is 5.69 Å². The average molecular weight is 257 g/mol. The van der Waals surface area contributed by atoms with E-state index in [9.17, 15) is 4.91 Å². The van der Waals surface area contributed by atoms with Crippen LogP contribution in [-0.4, -0.2) is 23.6 Å². The molecule has 0 saturated carbocycles. The van der Waals surface area contributed by atoms with Crippen molar-refractivity contribution in [3.8, 4) is 0 Å². The minimum absolute atomic E-state index is 0.207. The molecule has 1 aromatic carbocycles. The Balaban J connectivity index is 2.02. The molecule has 19 heavy (non-hydrogen) atoms. The molecule has 2 aromatic rings. The van der Waals surface area contributed by atoms with Crippen LogP contribution in [0.4, 0.5) is 17.3 Å². The van der Waals surface area contributed by atoms with Crippen molar-refractivity contribution in [3.63, 3.8) is 0 Å². The first-order valence-corrected chi connectivity index (χ1v) is 5.99. The Morgan fingerprint density at radius 1 is 1.16 bits per heavy atom. The van der Waals surface area contributed by atoms with E-state index in [0.717, 1.165) is 6.42 Å². The normalized spacial score (nSPS) is 9.95. The zero-order valence-electron chi connectivity index (χ0n) is 10.6. The number of nitrogens with zero attached hydrogens (tertiary/aromatic N) is 3. The molecule has 0 aliphatic rings. The lowest BCUT2D eigenvalue weighted by atomic mass is 10.1. The third-order valence-electron chi connectivity index (χ3n) is 2.70. The fraction of sp³-hybridized carbons (Fsp3) is 0.231. The Labute approximate surface area is 111 Å².